The zero-order chi connectivity index (χ0) is 22.3. The van der Waals surface area contributed by atoms with Crippen LogP contribution in [0.1, 0.15) is 44.0 Å². The van der Waals surface area contributed by atoms with Crippen LogP contribution in [0.25, 0.3) is 16.5 Å². The second kappa shape index (κ2) is 8.67. The molecule has 0 radical (unpaired) electrons. The predicted octanol–water partition coefficient (Wildman–Crippen LogP) is 3.82. The van der Waals surface area contributed by atoms with Crippen LogP contribution in [0.2, 0.25) is 0 Å². The van der Waals surface area contributed by atoms with Crippen molar-refractivity contribution in [3.05, 3.63) is 41.1 Å². The zero-order valence-electron chi connectivity index (χ0n) is 19.8. The Hall–Kier alpha value is -2.31. The van der Waals surface area contributed by atoms with E-state index in [0.717, 1.165) is 25.9 Å². The van der Waals surface area contributed by atoms with Crippen molar-refractivity contribution in [2.24, 2.45) is 0 Å². The minimum atomic E-state index is 0.00515. The fourth-order valence-electron chi connectivity index (χ4n) is 5.32. The molecule has 0 saturated heterocycles. The maximum absolute atomic E-state index is 13.1. The number of rotatable bonds is 6. The summed E-state index contributed by atoms with van der Waals surface area (Å²) in [5.41, 5.74) is 6.64. The molecule has 1 aliphatic carbocycles. The van der Waals surface area contributed by atoms with E-state index in [0.29, 0.717) is 12.6 Å². The molecule has 2 N–H and O–H groups in total. The van der Waals surface area contributed by atoms with Gasteiger partial charge in [-0.25, -0.2) is 4.79 Å². The van der Waals surface area contributed by atoms with Crippen molar-refractivity contribution in [2.75, 3.05) is 33.7 Å². The van der Waals surface area contributed by atoms with Crippen LogP contribution in [0, 0.1) is 6.92 Å². The molecule has 6 nitrogen and oxygen atoms in total. The summed E-state index contributed by atoms with van der Waals surface area (Å²) in [4.78, 5) is 23.2. The van der Waals surface area contributed by atoms with Crippen LogP contribution in [-0.2, 0) is 6.42 Å². The zero-order valence-corrected chi connectivity index (χ0v) is 19.8. The highest BCUT2D eigenvalue weighted by Gasteiger charge is 2.36. The van der Waals surface area contributed by atoms with E-state index in [9.17, 15) is 4.79 Å². The number of urea groups is 1. The highest BCUT2D eigenvalue weighted by atomic mass is 16.2. The largest absolute Gasteiger partial charge is 0.358 e. The number of carbonyl (C=O) groups is 1. The Balaban J connectivity index is 1.68. The Morgan fingerprint density at radius 3 is 2.77 bits per heavy atom. The van der Waals surface area contributed by atoms with Crippen LogP contribution in [0.4, 0.5) is 4.79 Å². The number of amides is 2. The highest BCUT2D eigenvalue weighted by molar-refractivity contribution is 5.99. The lowest BCUT2D eigenvalue weighted by Gasteiger charge is -2.43. The van der Waals surface area contributed by atoms with Gasteiger partial charge >= 0.3 is 6.03 Å². The lowest BCUT2D eigenvalue weighted by atomic mass is 9.80. The summed E-state index contributed by atoms with van der Waals surface area (Å²) in [6, 6.07) is 6.95. The average Bonchev–Trinajstić information content (AvgIpc) is 3.06. The Morgan fingerprint density at radius 2 is 2.10 bits per heavy atom. The number of H-pyrrole nitrogens is 1. The maximum atomic E-state index is 13.1. The highest BCUT2D eigenvalue weighted by Crippen LogP contribution is 2.41. The summed E-state index contributed by atoms with van der Waals surface area (Å²) in [6.07, 6.45) is 4.51. The molecule has 0 spiro atoms. The average molecular weight is 424 g/mol. The molecule has 1 unspecified atom stereocenters. The molecule has 2 aromatic rings. The summed E-state index contributed by atoms with van der Waals surface area (Å²) in [5.74, 6) is 0. The van der Waals surface area contributed by atoms with E-state index in [1.807, 2.05) is 25.9 Å². The minimum absolute atomic E-state index is 0.00515. The lowest BCUT2D eigenvalue weighted by molar-refractivity contribution is 0.113. The first-order chi connectivity index (χ1) is 14.8. The first kappa shape index (κ1) is 21.9. The van der Waals surface area contributed by atoms with Gasteiger partial charge in [-0.3, -0.25) is 9.80 Å². The van der Waals surface area contributed by atoms with Crippen molar-refractivity contribution in [1.82, 2.24) is 25.0 Å². The third-order valence-electron chi connectivity index (χ3n) is 7.08. The van der Waals surface area contributed by atoms with Crippen molar-refractivity contribution >= 4 is 22.5 Å². The predicted molar refractivity (Wildman–Crippen MR) is 128 cm³/mol. The monoisotopic (exact) mass is 423 g/mol. The lowest BCUT2D eigenvalue weighted by Crippen LogP contribution is -2.56. The fourth-order valence-corrected chi connectivity index (χ4v) is 5.32. The molecule has 0 bridgehead atoms. The number of aromatic nitrogens is 1. The molecule has 168 valence electrons. The van der Waals surface area contributed by atoms with Crippen molar-refractivity contribution < 1.29 is 4.79 Å². The van der Waals surface area contributed by atoms with Gasteiger partial charge in [-0.15, -0.1) is 0 Å². The van der Waals surface area contributed by atoms with E-state index >= 15 is 0 Å². The van der Waals surface area contributed by atoms with Crippen molar-refractivity contribution in [2.45, 2.75) is 58.8 Å². The summed E-state index contributed by atoms with van der Waals surface area (Å²) in [5, 5.41) is 4.69. The number of benzene rings is 1. The maximum Gasteiger partial charge on any atom is 0.319 e. The van der Waals surface area contributed by atoms with Gasteiger partial charge in [0, 0.05) is 35.7 Å². The molecule has 4 rings (SSSR count). The van der Waals surface area contributed by atoms with E-state index in [1.54, 1.807) is 0 Å². The van der Waals surface area contributed by atoms with Gasteiger partial charge in [-0.1, -0.05) is 25.1 Å². The standard InChI is InChI=1S/C25H37N5O/c1-7-12-29-15-18(27-25(31)30(8-2)17(4)28(5)6)13-21-19-10-9-11-22-24(19)20(14-23(21)29)16(3)26-22/h9-11,13,17-18,23,26H,7-8,12,14-15H2,1-6H3,(H,27,31)/t17?,18-,23+/m0/s1. The van der Waals surface area contributed by atoms with Gasteiger partial charge in [-0.2, -0.15) is 0 Å². The van der Waals surface area contributed by atoms with Gasteiger partial charge in [-0.05, 0) is 77.0 Å². The number of aromatic amines is 1. The molecule has 2 amide bonds. The van der Waals surface area contributed by atoms with Gasteiger partial charge in [0.05, 0.1) is 12.2 Å². The fraction of sp³-hybridized carbons (Fsp3) is 0.560. The van der Waals surface area contributed by atoms with Crippen molar-refractivity contribution in [1.29, 1.82) is 0 Å². The smallest absolute Gasteiger partial charge is 0.319 e. The van der Waals surface area contributed by atoms with Crippen molar-refractivity contribution in [3.63, 3.8) is 0 Å². The van der Waals surface area contributed by atoms with Crippen LogP contribution < -0.4 is 5.32 Å². The number of carbonyl (C=O) groups excluding carboxylic acids is 1. The summed E-state index contributed by atoms with van der Waals surface area (Å²) in [6.45, 7) is 11.1. The van der Waals surface area contributed by atoms with E-state index in [1.165, 1.54) is 33.3 Å². The number of hydrogen-bond donors (Lipinski definition) is 2. The minimum Gasteiger partial charge on any atom is -0.358 e. The molecule has 2 aliphatic rings. The number of hydrogen-bond acceptors (Lipinski definition) is 3. The SMILES string of the molecule is CCCN1C[C@@H](NC(=O)N(CC)C(C)N(C)C)C=C2c3cccc4[nH]c(C)c(c34)C[C@H]21. The van der Waals surface area contributed by atoms with Crippen molar-refractivity contribution in [3.8, 4) is 0 Å². The van der Waals surface area contributed by atoms with Crippen LogP contribution in [0.5, 0.6) is 0 Å². The van der Waals surface area contributed by atoms with Crippen LogP contribution >= 0.6 is 0 Å². The van der Waals surface area contributed by atoms with Gasteiger partial charge in [0.25, 0.3) is 0 Å². The second-order valence-electron chi connectivity index (χ2n) is 9.23. The molecular formula is C25H37N5O. The molecule has 3 atom stereocenters. The number of nitrogens with one attached hydrogen (secondary N) is 2. The van der Waals surface area contributed by atoms with E-state index in [4.69, 9.17) is 0 Å². The van der Waals surface area contributed by atoms with Crippen LogP contribution in [0.15, 0.2) is 24.3 Å². The Kier molecular flexibility index (Phi) is 6.13. The Morgan fingerprint density at radius 1 is 1.32 bits per heavy atom. The molecule has 2 heterocycles. The molecule has 31 heavy (non-hydrogen) atoms. The third kappa shape index (κ3) is 3.87. The molecular weight excluding hydrogens is 386 g/mol. The van der Waals surface area contributed by atoms with E-state index in [2.05, 4.69) is 65.1 Å². The van der Waals surface area contributed by atoms with Gasteiger partial charge in [0.2, 0.25) is 0 Å². The number of aryl methyl sites for hydroxylation is 1. The van der Waals surface area contributed by atoms with Gasteiger partial charge in [0.1, 0.15) is 0 Å². The molecule has 1 aromatic carbocycles. The third-order valence-corrected chi connectivity index (χ3v) is 7.08. The number of nitrogens with zero attached hydrogens (tertiary/aromatic N) is 3. The van der Waals surface area contributed by atoms with Gasteiger partial charge < -0.3 is 15.2 Å². The first-order valence-electron chi connectivity index (χ1n) is 11.7. The second-order valence-corrected chi connectivity index (χ2v) is 9.23. The molecule has 1 aliphatic heterocycles. The molecule has 0 fully saturated rings. The van der Waals surface area contributed by atoms with Crippen LogP contribution in [0.3, 0.4) is 0 Å². The summed E-state index contributed by atoms with van der Waals surface area (Å²) in [7, 11) is 4.02. The quantitative estimate of drug-likeness (QED) is 0.695. The van der Waals surface area contributed by atoms with E-state index in [-0.39, 0.29) is 18.2 Å². The van der Waals surface area contributed by atoms with Crippen LogP contribution in [-0.4, -0.2) is 77.7 Å². The van der Waals surface area contributed by atoms with E-state index < -0.39 is 0 Å². The topological polar surface area (TPSA) is 54.6 Å². The summed E-state index contributed by atoms with van der Waals surface area (Å²) >= 11 is 0. The number of fused-ring (bicyclic) bond motifs is 2. The normalized spacial score (nSPS) is 21.7. The molecule has 0 saturated carbocycles. The molecule has 1 aromatic heterocycles. The Labute approximate surface area is 186 Å². The van der Waals surface area contributed by atoms with Gasteiger partial charge in [0.15, 0.2) is 0 Å². The summed E-state index contributed by atoms with van der Waals surface area (Å²) < 4.78 is 0. The molecule has 6 heteroatoms. The first-order valence-corrected chi connectivity index (χ1v) is 11.7. The Bertz CT molecular complexity index is 991.